The Labute approximate surface area is 267 Å². The maximum atomic E-state index is 14.1. The summed E-state index contributed by atoms with van der Waals surface area (Å²) < 4.78 is 34.4. The number of aliphatic hydroxyl groups excluding tert-OH is 1. The van der Waals surface area contributed by atoms with E-state index in [0.29, 0.717) is 13.2 Å². The molecule has 3 N–H and O–H groups in total. The molecule has 0 fully saturated rings. The van der Waals surface area contributed by atoms with Crippen molar-refractivity contribution in [2.24, 2.45) is 11.8 Å². The molecule has 0 aromatic heterocycles. The van der Waals surface area contributed by atoms with Gasteiger partial charge in [-0.15, -0.1) is 0 Å². The molecular weight excluding hydrogens is 592 g/mol. The number of aliphatic hydroxyl groups is 1. The lowest BCUT2D eigenvalue weighted by molar-refractivity contribution is -0.148. The van der Waals surface area contributed by atoms with Crippen molar-refractivity contribution in [3.05, 3.63) is 78.4 Å². The van der Waals surface area contributed by atoms with Crippen molar-refractivity contribution in [2.45, 2.75) is 57.6 Å². The van der Waals surface area contributed by atoms with Crippen LogP contribution in [0.25, 0.3) is 10.8 Å². The van der Waals surface area contributed by atoms with Crippen LogP contribution in [0.1, 0.15) is 39.7 Å². The Morgan fingerprint density at radius 3 is 2.20 bits per heavy atom. The fourth-order valence-corrected chi connectivity index (χ4v) is 6.73. The average Bonchev–Trinajstić information content (AvgIpc) is 3.00. The second-order valence-electron chi connectivity index (χ2n) is 12.1. The van der Waals surface area contributed by atoms with E-state index in [1.807, 2.05) is 82.3 Å². The molecule has 3 aromatic rings. The number of hydrogen-bond donors (Lipinski definition) is 3. The van der Waals surface area contributed by atoms with Gasteiger partial charge in [-0.2, -0.15) is 4.31 Å². The molecule has 3 rings (SSSR count). The fourth-order valence-electron chi connectivity index (χ4n) is 5.07. The van der Waals surface area contributed by atoms with Crippen LogP contribution >= 0.6 is 0 Å². The van der Waals surface area contributed by atoms with Gasteiger partial charge in [0.25, 0.3) is 5.91 Å². The number of carbonyl (C=O) groups is 2. The lowest BCUT2D eigenvalue weighted by atomic mass is 9.99. The summed E-state index contributed by atoms with van der Waals surface area (Å²) in [4.78, 5) is 26.8. The molecule has 0 heterocycles. The number of benzene rings is 3. The Kier molecular flexibility index (Phi) is 13.9. The zero-order valence-corrected chi connectivity index (χ0v) is 27.8. The molecule has 10 nitrogen and oxygen atoms in total. The molecule has 3 aromatic carbocycles. The number of carbonyl (C=O) groups excluding carboxylic acids is 2. The highest BCUT2D eigenvalue weighted by Gasteiger charge is 2.36. The molecule has 2 amide bonds. The van der Waals surface area contributed by atoms with E-state index in [1.54, 1.807) is 25.3 Å². The van der Waals surface area contributed by atoms with E-state index in [4.69, 9.17) is 4.74 Å². The minimum atomic E-state index is -4.03. The van der Waals surface area contributed by atoms with E-state index in [2.05, 4.69) is 10.7 Å². The van der Waals surface area contributed by atoms with Gasteiger partial charge < -0.3 is 15.2 Å². The van der Waals surface area contributed by atoms with Gasteiger partial charge in [0.1, 0.15) is 0 Å². The third-order valence-electron chi connectivity index (χ3n) is 7.25. The topological polar surface area (TPSA) is 128 Å². The maximum absolute atomic E-state index is 14.1. The molecule has 0 unspecified atom stereocenters. The minimum Gasteiger partial charge on any atom is -0.390 e. The molecule has 0 aliphatic rings. The quantitative estimate of drug-likeness (QED) is 0.152. The lowest BCUT2D eigenvalue weighted by Gasteiger charge is -2.37. The van der Waals surface area contributed by atoms with Crippen molar-refractivity contribution < 1.29 is 27.9 Å². The molecule has 0 saturated heterocycles. The maximum Gasteiger partial charge on any atom is 0.252 e. The standard InChI is InChI=1S/C34H48N4O6S/c1-25(2)19-34(41)38(36-33(40)22-35-17-18-44-5)31(20-27-11-7-6-8-12-27)32(39)24-37(23-26(3)4)45(42,43)30-16-15-28-13-9-10-14-29(28)21-30/h6-16,21,25-26,31-32,35,39H,17-20,22-24H2,1-5H3,(H,36,40)/t31-,32+/m0/s1. The highest BCUT2D eigenvalue weighted by molar-refractivity contribution is 7.89. The zero-order chi connectivity index (χ0) is 33.0. The number of amides is 2. The summed E-state index contributed by atoms with van der Waals surface area (Å²) in [6.07, 6.45) is -1.02. The third kappa shape index (κ3) is 10.9. The summed E-state index contributed by atoms with van der Waals surface area (Å²) >= 11 is 0. The van der Waals surface area contributed by atoms with Crippen molar-refractivity contribution in [3.63, 3.8) is 0 Å². The van der Waals surface area contributed by atoms with Crippen LogP contribution in [0, 0.1) is 11.8 Å². The van der Waals surface area contributed by atoms with Gasteiger partial charge in [-0.25, -0.2) is 13.4 Å². The third-order valence-corrected chi connectivity index (χ3v) is 9.07. The van der Waals surface area contributed by atoms with E-state index in [9.17, 15) is 23.1 Å². The van der Waals surface area contributed by atoms with Gasteiger partial charge in [-0.1, -0.05) is 88.4 Å². The predicted octanol–water partition coefficient (Wildman–Crippen LogP) is 3.60. The summed E-state index contributed by atoms with van der Waals surface area (Å²) in [7, 11) is -2.47. The largest absolute Gasteiger partial charge is 0.390 e. The van der Waals surface area contributed by atoms with Crippen LogP contribution in [0.4, 0.5) is 0 Å². The normalized spacial score (nSPS) is 13.4. The highest BCUT2D eigenvalue weighted by Crippen LogP contribution is 2.24. The molecule has 0 radical (unpaired) electrons. The van der Waals surface area contributed by atoms with Crippen molar-refractivity contribution >= 4 is 32.6 Å². The summed E-state index contributed by atoms with van der Waals surface area (Å²) in [5.74, 6) is -0.896. The second kappa shape index (κ2) is 17.4. The van der Waals surface area contributed by atoms with E-state index in [0.717, 1.165) is 16.3 Å². The number of hydrazine groups is 1. The van der Waals surface area contributed by atoms with Crippen molar-refractivity contribution in [3.8, 4) is 0 Å². The number of fused-ring (bicyclic) bond motifs is 1. The number of methoxy groups -OCH3 is 1. The van der Waals surface area contributed by atoms with Crippen molar-refractivity contribution in [1.82, 2.24) is 20.1 Å². The van der Waals surface area contributed by atoms with Gasteiger partial charge in [0.15, 0.2) is 0 Å². The molecule has 0 bridgehead atoms. The first-order valence-electron chi connectivity index (χ1n) is 15.4. The summed E-state index contributed by atoms with van der Waals surface area (Å²) in [6.45, 7) is 8.27. The van der Waals surface area contributed by atoms with Gasteiger partial charge >= 0.3 is 0 Å². The van der Waals surface area contributed by atoms with Crippen LogP contribution < -0.4 is 10.7 Å². The van der Waals surface area contributed by atoms with Crippen LogP contribution in [-0.2, 0) is 30.8 Å². The molecule has 0 saturated carbocycles. The molecule has 0 spiro atoms. The number of ether oxygens (including phenoxy) is 1. The van der Waals surface area contributed by atoms with Gasteiger partial charge in [-0.05, 0) is 46.7 Å². The number of nitrogens with one attached hydrogen (secondary N) is 2. The SMILES string of the molecule is COCCNCC(=O)NN(C(=O)CC(C)C)[C@@H](Cc1ccccc1)[C@H](O)CN(CC(C)C)S(=O)(=O)c1ccc2ccccc2c1. The molecule has 11 heteroatoms. The van der Waals surface area contributed by atoms with Crippen LogP contribution in [-0.4, -0.2) is 86.7 Å². The minimum absolute atomic E-state index is 0.0167. The van der Waals surface area contributed by atoms with Gasteiger partial charge in [-0.3, -0.25) is 15.0 Å². The molecule has 0 aliphatic heterocycles. The number of nitrogens with zero attached hydrogens (tertiary/aromatic N) is 2. The molecule has 2 atom stereocenters. The zero-order valence-electron chi connectivity index (χ0n) is 27.0. The Balaban J connectivity index is 1.98. The highest BCUT2D eigenvalue weighted by atomic mass is 32.2. The van der Waals surface area contributed by atoms with E-state index >= 15 is 0 Å². The molecule has 45 heavy (non-hydrogen) atoms. The van der Waals surface area contributed by atoms with Crippen molar-refractivity contribution in [2.75, 3.05) is 39.9 Å². The van der Waals surface area contributed by atoms with Crippen LogP contribution in [0.15, 0.2) is 77.7 Å². The Hall–Kier alpha value is -3.35. The van der Waals surface area contributed by atoms with Gasteiger partial charge in [0.2, 0.25) is 15.9 Å². The van der Waals surface area contributed by atoms with Crippen LogP contribution in [0.5, 0.6) is 0 Å². The lowest BCUT2D eigenvalue weighted by Crippen LogP contribution is -2.60. The van der Waals surface area contributed by atoms with Crippen LogP contribution in [0.3, 0.4) is 0 Å². The van der Waals surface area contributed by atoms with Gasteiger partial charge in [0.05, 0.1) is 30.2 Å². The molecular formula is C34H48N4O6S. The van der Waals surface area contributed by atoms with Gasteiger partial charge in [0, 0.05) is 33.2 Å². The first kappa shape index (κ1) is 36.1. The monoisotopic (exact) mass is 640 g/mol. The predicted molar refractivity (Wildman–Crippen MR) is 177 cm³/mol. The summed E-state index contributed by atoms with van der Waals surface area (Å²) in [5, 5.41) is 17.7. The smallest absolute Gasteiger partial charge is 0.252 e. The summed E-state index contributed by atoms with van der Waals surface area (Å²) in [5.41, 5.74) is 3.54. The Morgan fingerprint density at radius 2 is 1.56 bits per heavy atom. The van der Waals surface area contributed by atoms with E-state index in [-0.39, 0.29) is 55.1 Å². The van der Waals surface area contributed by atoms with Crippen molar-refractivity contribution in [1.29, 1.82) is 0 Å². The molecule has 246 valence electrons. The fraction of sp³-hybridized carbons (Fsp3) is 0.471. The van der Waals surface area contributed by atoms with E-state index < -0.39 is 28.1 Å². The second-order valence-corrected chi connectivity index (χ2v) is 14.1. The van der Waals surface area contributed by atoms with Crippen LogP contribution in [0.2, 0.25) is 0 Å². The average molecular weight is 641 g/mol. The number of hydrogen-bond acceptors (Lipinski definition) is 7. The Morgan fingerprint density at radius 1 is 0.889 bits per heavy atom. The molecule has 0 aliphatic carbocycles. The number of rotatable bonds is 17. The summed E-state index contributed by atoms with van der Waals surface area (Å²) in [6, 6.07) is 20.9. The first-order chi connectivity index (χ1) is 21.4. The first-order valence-corrected chi connectivity index (χ1v) is 16.9. The van der Waals surface area contributed by atoms with E-state index in [1.165, 1.54) is 9.31 Å². The number of sulfonamides is 1. The Bertz CT molecular complexity index is 1480.